The van der Waals surface area contributed by atoms with Crippen LogP contribution < -0.4 is 11.1 Å². The van der Waals surface area contributed by atoms with Gasteiger partial charge in [0.15, 0.2) is 0 Å². The standard InChI is InChI=1S/C6H12N2/c1-4-5-2-8-3-6(4,5)7/h4-5,8H,2-3,7H2,1H3. The van der Waals surface area contributed by atoms with Crippen molar-refractivity contribution in [1.29, 1.82) is 0 Å². The van der Waals surface area contributed by atoms with Gasteiger partial charge in [-0.1, -0.05) is 6.92 Å². The highest BCUT2D eigenvalue weighted by molar-refractivity contribution is 5.19. The molecule has 2 rings (SSSR count). The van der Waals surface area contributed by atoms with Crippen molar-refractivity contribution in [2.24, 2.45) is 17.6 Å². The Balaban J connectivity index is 2.18. The van der Waals surface area contributed by atoms with Gasteiger partial charge in [-0.3, -0.25) is 0 Å². The molecule has 0 spiro atoms. The molecular weight excluding hydrogens is 100 g/mol. The first kappa shape index (κ1) is 4.77. The minimum atomic E-state index is 0.208. The predicted molar refractivity (Wildman–Crippen MR) is 32.4 cm³/mol. The SMILES string of the molecule is CC1C2CNCC12N. The Hall–Kier alpha value is -0.0800. The molecular formula is C6H12N2. The maximum Gasteiger partial charge on any atom is 0.0354 e. The van der Waals surface area contributed by atoms with Crippen LogP contribution in [0.2, 0.25) is 0 Å². The normalized spacial score (nSPS) is 60.8. The number of rotatable bonds is 0. The first-order valence-electron chi connectivity index (χ1n) is 3.25. The summed E-state index contributed by atoms with van der Waals surface area (Å²) in [6.07, 6.45) is 0. The molecule has 0 radical (unpaired) electrons. The van der Waals surface area contributed by atoms with Gasteiger partial charge in [-0.05, 0) is 11.8 Å². The summed E-state index contributed by atoms with van der Waals surface area (Å²) in [5.41, 5.74) is 6.14. The maximum absolute atomic E-state index is 5.93. The molecule has 2 aliphatic rings. The van der Waals surface area contributed by atoms with E-state index in [1.165, 1.54) is 0 Å². The molecule has 0 amide bonds. The van der Waals surface area contributed by atoms with Crippen molar-refractivity contribution < 1.29 is 0 Å². The van der Waals surface area contributed by atoms with Crippen molar-refractivity contribution in [2.45, 2.75) is 12.5 Å². The Bertz CT molecular complexity index is 124. The Morgan fingerprint density at radius 3 is 2.75 bits per heavy atom. The average Bonchev–Trinajstić information content (AvgIpc) is 2.23. The lowest BCUT2D eigenvalue weighted by atomic mass is 10.2. The van der Waals surface area contributed by atoms with E-state index in [1.54, 1.807) is 0 Å². The third-order valence-corrected chi connectivity index (χ3v) is 2.83. The number of nitrogens with one attached hydrogen (secondary N) is 1. The van der Waals surface area contributed by atoms with E-state index in [1.807, 2.05) is 0 Å². The topological polar surface area (TPSA) is 38.0 Å². The second-order valence-corrected chi connectivity index (χ2v) is 3.14. The van der Waals surface area contributed by atoms with Crippen molar-refractivity contribution in [3.8, 4) is 0 Å². The Morgan fingerprint density at radius 2 is 2.50 bits per heavy atom. The predicted octanol–water partition coefficient (Wildman–Crippen LogP) is -0.447. The molecule has 3 N–H and O–H groups in total. The molecule has 0 aromatic heterocycles. The van der Waals surface area contributed by atoms with Crippen LogP contribution in [0.4, 0.5) is 0 Å². The zero-order valence-corrected chi connectivity index (χ0v) is 5.15. The third-order valence-electron chi connectivity index (χ3n) is 2.83. The van der Waals surface area contributed by atoms with Gasteiger partial charge in [-0.15, -0.1) is 0 Å². The highest BCUT2D eigenvalue weighted by Gasteiger charge is 2.61. The summed E-state index contributed by atoms with van der Waals surface area (Å²) in [5, 5.41) is 3.27. The first-order chi connectivity index (χ1) is 3.75. The summed E-state index contributed by atoms with van der Waals surface area (Å²) in [5.74, 6) is 1.58. The van der Waals surface area contributed by atoms with Gasteiger partial charge in [0.05, 0.1) is 0 Å². The minimum absolute atomic E-state index is 0.208. The van der Waals surface area contributed by atoms with Crippen LogP contribution in [0.25, 0.3) is 0 Å². The van der Waals surface area contributed by atoms with Crippen LogP contribution in [0.3, 0.4) is 0 Å². The van der Waals surface area contributed by atoms with Gasteiger partial charge < -0.3 is 11.1 Å². The molecule has 0 aromatic carbocycles. The highest BCUT2D eigenvalue weighted by atomic mass is 15.1. The molecule has 2 heteroatoms. The molecule has 0 aromatic rings. The van der Waals surface area contributed by atoms with E-state index in [9.17, 15) is 0 Å². The molecule has 46 valence electrons. The van der Waals surface area contributed by atoms with E-state index in [0.717, 1.165) is 24.9 Å². The van der Waals surface area contributed by atoms with Gasteiger partial charge in [0.1, 0.15) is 0 Å². The molecule has 1 saturated heterocycles. The van der Waals surface area contributed by atoms with Gasteiger partial charge in [-0.25, -0.2) is 0 Å². The smallest absolute Gasteiger partial charge is 0.0354 e. The van der Waals surface area contributed by atoms with E-state index < -0.39 is 0 Å². The van der Waals surface area contributed by atoms with E-state index >= 15 is 0 Å². The minimum Gasteiger partial charge on any atom is -0.323 e. The summed E-state index contributed by atoms with van der Waals surface area (Å²) in [6, 6.07) is 0. The summed E-state index contributed by atoms with van der Waals surface area (Å²) in [6.45, 7) is 4.43. The quantitative estimate of drug-likeness (QED) is 0.445. The lowest BCUT2D eigenvalue weighted by Gasteiger charge is -2.03. The molecule has 1 saturated carbocycles. The van der Waals surface area contributed by atoms with Gasteiger partial charge >= 0.3 is 0 Å². The zero-order valence-electron chi connectivity index (χ0n) is 5.15. The van der Waals surface area contributed by atoms with E-state index in [-0.39, 0.29) is 5.54 Å². The molecule has 2 fully saturated rings. The van der Waals surface area contributed by atoms with E-state index in [4.69, 9.17) is 5.73 Å². The van der Waals surface area contributed by atoms with Crippen molar-refractivity contribution >= 4 is 0 Å². The molecule has 0 bridgehead atoms. The highest BCUT2D eigenvalue weighted by Crippen LogP contribution is 2.49. The van der Waals surface area contributed by atoms with E-state index in [0.29, 0.717) is 0 Å². The summed E-state index contributed by atoms with van der Waals surface area (Å²) < 4.78 is 0. The number of nitrogens with two attached hydrogens (primary N) is 1. The number of hydrogen-bond donors (Lipinski definition) is 2. The van der Waals surface area contributed by atoms with Crippen LogP contribution in [-0.4, -0.2) is 18.6 Å². The fraction of sp³-hybridized carbons (Fsp3) is 1.00. The molecule has 8 heavy (non-hydrogen) atoms. The summed E-state index contributed by atoms with van der Waals surface area (Å²) >= 11 is 0. The van der Waals surface area contributed by atoms with E-state index in [2.05, 4.69) is 12.2 Å². The number of hydrogen-bond acceptors (Lipinski definition) is 2. The largest absolute Gasteiger partial charge is 0.323 e. The molecule has 3 atom stereocenters. The summed E-state index contributed by atoms with van der Waals surface area (Å²) in [7, 11) is 0. The van der Waals surface area contributed by atoms with Crippen molar-refractivity contribution in [3.63, 3.8) is 0 Å². The molecule has 3 unspecified atom stereocenters. The maximum atomic E-state index is 5.93. The lowest BCUT2D eigenvalue weighted by molar-refractivity contribution is 0.585. The van der Waals surface area contributed by atoms with Crippen molar-refractivity contribution in [3.05, 3.63) is 0 Å². The fourth-order valence-corrected chi connectivity index (χ4v) is 1.86. The van der Waals surface area contributed by atoms with Crippen molar-refractivity contribution in [1.82, 2.24) is 5.32 Å². The van der Waals surface area contributed by atoms with Crippen LogP contribution >= 0.6 is 0 Å². The Kier molecular flexibility index (Phi) is 0.649. The second kappa shape index (κ2) is 1.09. The molecule has 1 aliphatic heterocycles. The van der Waals surface area contributed by atoms with Crippen LogP contribution in [0.5, 0.6) is 0 Å². The monoisotopic (exact) mass is 112 g/mol. The fourth-order valence-electron chi connectivity index (χ4n) is 1.86. The second-order valence-electron chi connectivity index (χ2n) is 3.14. The summed E-state index contributed by atoms with van der Waals surface area (Å²) in [4.78, 5) is 0. The number of fused-ring (bicyclic) bond motifs is 1. The van der Waals surface area contributed by atoms with Gasteiger partial charge in [0.25, 0.3) is 0 Å². The van der Waals surface area contributed by atoms with Gasteiger partial charge in [-0.2, -0.15) is 0 Å². The molecule has 2 nitrogen and oxygen atoms in total. The Labute approximate surface area is 49.4 Å². The average molecular weight is 112 g/mol. The first-order valence-corrected chi connectivity index (χ1v) is 3.25. The van der Waals surface area contributed by atoms with Crippen LogP contribution in [0.1, 0.15) is 6.92 Å². The van der Waals surface area contributed by atoms with Gasteiger partial charge in [0.2, 0.25) is 0 Å². The lowest BCUT2D eigenvalue weighted by Crippen LogP contribution is -2.32. The Morgan fingerprint density at radius 1 is 1.75 bits per heavy atom. The van der Waals surface area contributed by atoms with Gasteiger partial charge in [0, 0.05) is 18.6 Å². The third kappa shape index (κ3) is 0.327. The van der Waals surface area contributed by atoms with Crippen LogP contribution in [0, 0.1) is 11.8 Å². The zero-order chi connectivity index (χ0) is 5.78. The number of piperidine rings is 1. The van der Waals surface area contributed by atoms with Crippen LogP contribution in [0.15, 0.2) is 0 Å². The van der Waals surface area contributed by atoms with Crippen molar-refractivity contribution in [2.75, 3.05) is 13.1 Å². The molecule has 1 heterocycles. The van der Waals surface area contributed by atoms with Crippen LogP contribution in [-0.2, 0) is 0 Å². The molecule has 1 aliphatic carbocycles.